The van der Waals surface area contributed by atoms with E-state index in [0.29, 0.717) is 5.96 Å². The molecule has 0 radical (unpaired) electrons. The van der Waals surface area contributed by atoms with E-state index in [-0.39, 0.29) is 0 Å². The maximum absolute atomic E-state index is 5.63. The van der Waals surface area contributed by atoms with Crippen LogP contribution in [0.15, 0.2) is 47.5 Å². The first-order chi connectivity index (χ1) is 7.31. The van der Waals surface area contributed by atoms with Crippen LogP contribution in [0.1, 0.15) is 0 Å². The Morgan fingerprint density at radius 1 is 1.13 bits per heavy atom. The summed E-state index contributed by atoms with van der Waals surface area (Å²) in [4.78, 5) is 3.87. The molecule has 2 aromatic rings. The van der Waals surface area contributed by atoms with Gasteiger partial charge < -0.3 is 11.1 Å². The molecule has 0 fully saturated rings. The number of hydrogen-bond donors (Lipinski definition) is 2. The summed E-state index contributed by atoms with van der Waals surface area (Å²) in [5.74, 6) is 0.423. The van der Waals surface area contributed by atoms with Gasteiger partial charge in [0, 0.05) is 18.1 Å². The van der Waals surface area contributed by atoms with Crippen LogP contribution in [-0.2, 0) is 0 Å². The minimum Gasteiger partial charge on any atom is -0.370 e. The molecule has 2 rings (SSSR count). The van der Waals surface area contributed by atoms with Crippen LogP contribution in [0.4, 0.5) is 5.69 Å². The van der Waals surface area contributed by atoms with E-state index in [0.717, 1.165) is 11.1 Å². The molecule has 0 amide bonds. The number of rotatable bonds is 1. The highest BCUT2D eigenvalue weighted by atomic mass is 15.1. The van der Waals surface area contributed by atoms with Gasteiger partial charge in [-0.05, 0) is 11.5 Å². The van der Waals surface area contributed by atoms with Crippen molar-refractivity contribution in [2.45, 2.75) is 0 Å². The lowest BCUT2D eigenvalue weighted by Crippen LogP contribution is -2.22. The summed E-state index contributed by atoms with van der Waals surface area (Å²) < 4.78 is 0. The van der Waals surface area contributed by atoms with Crippen molar-refractivity contribution in [2.75, 3.05) is 12.4 Å². The summed E-state index contributed by atoms with van der Waals surface area (Å²) in [6, 6.07) is 14.2. The molecule has 0 aliphatic rings. The summed E-state index contributed by atoms with van der Waals surface area (Å²) in [6.07, 6.45) is 0. The number of anilines is 1. The molecule has 76 valence electrons. The van der Waals surface area contributed by atoms with Gasteiger partial charge >= 0.3 is 0 Å². The number of guanidine groups is 1. The topological polar surface area (TPSA) is 50.4 Å². The Hall–Kier alpha value is -2.03. The van der Waals surface area contributed by atoms with E-state index in [2.05, 4.69) is 28.5 Å². The number of aliphatic imine (C=N–C) groups is 1. The highest BCUT2D eigenvalue weighted by Crippen LogP contribution is 2.22. The zero-order valence-corrected chi connectivity index (χ0v) is 8.57. The van der Waals surface area contributed by atoms with Gasteiger partial charge in [0.25, 0.3) is 0 Å². The fourth-order valence-corrected chi connectivity index (χ4v) is 1.53. The molecule has 0 aliphatic heterocycles. The SMILES string of the molecule is CN=C(N)Nc1cccc2ccccc12. The predicted molar refractivity (Wildman–Crippen MR) is 65.1 cm³/mol. The maximum Gasteiger partial charge on any atom is 0.192 e. The fraction of sp³-hybridized carbons (Fsp3) is 0.0833. The molecular formula is C12H13N3. The lowest BCUT2D eigenvalue weighted by Gasteiger charge is -2.08. The number of hydrogen-bond acceptors (Lipinski definition) is 1. The second-order valence-electron chi connectivity index (χ2n) is 3.26. The molecule has 3 nitrogen and oxygen atoms in total. The third kappa shape index (κ3) is 1.91. The zero-order chi connectivity index (χ0) is 10.7. The van der Waals surface area contributed by atoms with Crippen LogP contribution >= 0.6 is 0 Å². The number of benzene rings is 2. The van der Waals surface area contributed by atoms with Crippen LogP contribution < -0.4 is 11.1 Å². The quantitative estimate of drug-likeness (QED) is 0.546. The van der Waals surface area contributed by atoms with E-state index >= 15 is 0 Å². The first-order valence-corrected chi connectivity index (χ1v) is 4.78. The van der Waals surface area contributed by atoms with Gasteiger partial charge in [-0.25, -0.2) is 0 Å². The normalized spacial score (nSPS) is 11.7. The van der Waals surface area contributed by atoms with Crippen molar-refractivity contribution in [3.63, 3.8) is 0 Å². The molecule has 2 aromatic carbocycles. The Kier molecular flexibility index (Phi) is 2.54. The van der Waals surface area contributed by atoms with Gasteiger partial charge in [-0.2, -0.15) is 0 Å². The third-order valence-corrected chi connectivity index (χ3v) is 2.29. The van der Waals surface area contributed by atoms with E-state index in [1.54, 1.807) is 7.05 Å². The van der Waals surface area contributed by atoms with Crippen molar-refractivity contribution < 1.29 is 0 Å². The van der Waals surface area contributed by atoms with Gasteiger partial charge in [0.1, 0.15) is 0 Å². The van der Waals surface area contributed by atoms with Crippen LogP contribution in [0, 0.1) is 0 Å². The van der Waals surface area contributed by atoms with Gasteiger partial charge in [0.05, 0.1) is 0 Å². The molecule has 0 atom stereocenters. The molecule has 0 heterocycles. The van der Waals surface area contributed by atoms with Crippen LogP contribution in [0.25, 0.3) is 10.8 Å². The Morgan fingerprint density at radius 2 is 1.87 bits per heavy atom. The monoisotopic (exact) mass is 199 g/mol. The van der Waals surface area contributed by atoms with Gasteiger partial charge in [0.15, 0.2) is 5.96 Å². The minimum atomic E-state index is 0.423. The highest BCUT2D eigenvalue weighted by Gasteiger charge is 1.99. The van der Waals surface area contributed by atoms with E-state index < -0.39 is 0 Å². The molecule has 0 unspecified atom stereocenters. The minimum absolute atomic E-state index is 0.423. The van der Waals surface area contributed by atoms with Crippen molar-refractivity contribution in [2.24, 2.45) is 10.7 Å². The van der Waals surface area contributed by atoms with Crippen molar-refractivity contribution >= 4 is 22.4 Å². The second kappa shape index (κ2) is 4.00. The Morgan fingerprint density at radius 3 is 2.67 bits per heavy atom. The van der Waals surface area contributed by atoms with E-state index in [4.69, 9.17) is 5.73 Å². The molecule has 3 N–H and O–H groups in total. The van der Waals surface area contributed by atoms with Crippen molar-refractivity contribution in [1.82, 2.24) is 0 Å². The van der Waals surface area contributed by atoms with E-state index in [1.807, 2.05) is 24.3 Å². The first-order valence-electron chi connectivity index (χ1n) is 4.78. The average Bonchev–Trinajstić information content (AvgIpc) is 2.29. The maximum atomic E-state index is 5.63. The van der Waals surface area contributed by atoms with Crippen LogP contribution in [-0.4, -0.2) is 13.0 Å². The first kappa shape index (κ1) is 9.52. The van der Waals surface area contributed by atoms with E-state index in [1.165, 1.54) is 5.39 Å². The smallest absolute Gasteiger partial charge is 0.192 e. The third-order valence-electron chi connectivity index (χ3n) is 2.29. The molecule has 0 bridgehead atoms. The Balaban J connectivity index is 2.51. The average molecular weight is 199 g/mol. The lowest BCUT2D eigenvalue weighted by atomic mass is 10.1. The van der Waals surface area contributed by atoms with Gasteiger partial charge in [-0.3, -0.25) is 4.99 Å². The summed E-state index contributed by atoms with van der Waals surface area (Å²) >= 11 is 0. The van der Waals surface area contributed by atoms with Gasteiger partial charge in [0.2, 0.25) is 0 Å². The molecule has 0 saturated carbocycles. The largest absolute Gasteiger partial charge is 0.370 e. The molecule has 0 aliphatic carbocycles. The predicted octanol–water partition coefficient (Wildman–Crippen LogP) is 2.20. The number of nitrogens with two attached hydrogens (primary N) is 1. The molecule has 0 aromatic heterocycles. The summed E-state index contributed by atoms with van der Waals surface area (Å²) in [7, 11) is 1.66. The summed E-state index contributed by atoms with van der Waals surface area (Å²) in [5, 5.41) is 5.39. The van der Waals surface area contributed by atoms with Crippen LogP contribution in [0.5, 0.6) is 0 Å². The lowest BCUT2D eigenvalue weighted by molar-refractivity contribution is 1.38. The zero-order valence-electron chi connectivity index (χ0n) is 8.57. The number of nitrogens with zero attached hydrogens (tertiary/aromatic N) is 1. The standard InChI is InChI=1S/C12H13N3/c1-14-12(13)15-11-8-4-6-9-5-2-3-7-10(9)11/h2-8H,1H3,(H3,13,14,15). The second-order valence-corrected chi connectivity index (χ2v) is 3.26. The number of fused-ring (bicyclic) bond motifs is 1. The van der Waals surface area contributed by atoms with Crippen LogP contribution in [0.2, 0.25) is 0 Å². The van der Waals surface area contributed by atoms with Gasteiger partial charge in [-0.15, -0.1) is 0 Å². The van der Waals surface area contributed by atoms with Gasteiger partial charge in [-0.1, -0.05) is 36.4 Å². The summed E-state index contributed by atoms with van der Waals surface area (Å²) in [6.45, 7) is 0. The van der Waals surface area contributed by atoms with Crippen molar-refractivity contribution in [3.05, 3.63) is 42.5 Å². The Labute approximate surface area is 88.6 Å². The van der Waals surface area contributed by atoms with Crippen molar-refractivity contribution in [3.8, 4) is 0 Å². The Bertz CT molecular complexity index is 498. The molecule has 15 heavy (non-hydrogen) atoms. The molecular weight excluding hydrogens is 186 g/mol. The van der Waals surface area contributed by atoms with E-state index in [9.17, 15) is 0 Å². The molecule has 3 heteroatoms. The molecule has 0 saturated heterocycles. The fourth-order valence-electron chi connectivity index (χ4n) is 1.53. The molecule has 0 spiro atoms. The summed E-state index contributed by atoms with van der Waals surface area (Å²) in [5.41, 5.74) is 6.62. The number of nitrogens with one attached hydrogen (secondary N) is 1. The van der Waals surface area contributed by atoms with Crippen LogP contribution in [0.3, 0.4) is 0 Å². The highest BCUT2D eigenvalue weighted by molar-refractivity contribution is 6.02. The van der Waals surface area contributed by atoms with Crippen molar-refractivity contribution in [1.29, 1.82) is 0 Å².